The first-order chi connectivity index (χ1) is 8.98. The average Bonchev–Trinajstić information content (AvgIpc) is 2.31. The molecule has 1 aliphatic carbocycles. The van der Waals surface area contributed by atoms with Gasteiger partial charge in [-0.2, -0.15) is 0 Å². The maximum Gasteiger partial charge on any atom is 0.0621 e. The molecular formula is C16H25ClN2. The van der Waals surface area contributed by atoms with E-state index in [1.807, 2.05) is 6.07 Å². The van der Waals surface area contributed by atoms with Gasteiger partial charge in [-0.15, -0.1) is 0 Å². The summed E-state index contributed by atoms with van der Waals surface area (Å²) in [5, 5.41) is 0.748. The third kappa shape index (κ3) is 4.19. The van der Waals surface area contributed by atoms with Crippen LogP contribution in [-0.4, -0.2) is 10.5 Å². The van der Waals surface area contributed by atoms with Crippen molar-refractivity contribution in [1.82, 2.24) is 4.98 Å². The van der Waals surface area contributed by atoms with Gasteiger partial charge >= 0.3 is 0 Å². The monoisotopic (exact) mass is 280 g/mol. The highest BCUT2D eigenvalue weighted by Crippen LogP contribution is 2.37. The van der Waals surface area contributed by atoms with Gasteiger partial charge in [0, 0.05) is 17.9 Å². The average molecular weight is 281 g/mol. The van der Waals surface area contributed by atoms with Crippen molar-refractivity contribution in [2.45, 2.75) is 57.9 Å². The zero-order valence-electron chi connectivity index (χ0n) is 12.0. The molecule has 0 aliphatic heterocycles. The van der Waals surface area contributed by atoms with E-state index in [4.69, 9.17) is 17.3 Å². The Labute approximate surface area is 121 Å². The number of aromatic nitrogens is 1. The van der Waals surface area contributed by atoms with Crippen LogP contribution in [0.5, 0.6) is 0 Å². The SMILES string of the molecule is CC(C)CC1CCCC(N)(Cc2ccncc2Cl)C1. The molecule has 0 radical (unpaired) electrons. The second-order valence-electron chi connectivity index (χ2n) is 6.60. The summed E-state index contributed by atoms with van der Waals surface area (Å²) in [6.07, 6.45) is 10.5. The van der Waals surface area contributed by atoms with Crippen molar-refractivity contribution in [2.75, 3.05) is 0 Å². The first-order valence-electron chi connectivity index (χ1n) is 7.36. The summed E-state index contributed by atoms with van der Waals surface area (Å²) in [4.78, 5) is 4.04. The first kappa shape index (κ1) is 14.8. The number of halogens is 1. The summed E-state index contributed by atoms with van der Waals surface area (Å²) in [5.41, 5.74) is 7.71. The van der Waals surface area contributed by atoms with Gasteiger partial charge in [-0.25, -0.2) is 0 Å². The predicted octanol–water partition coefficient (Wildman–Crippen LogP) is 4.21. The molecule has 1 heterocycles. The third-order valence-electron chi connectivity index (χ3n) is 4.19. The minimum absolute atomic E-state index is 0.0806. The smallest absolute Gasteiger partial charge is 0.0621 e. The lowest BCUT2D eigenvalue weighted by molar-refractivity contribution is 0.200. The molecule has 1 aromatic heterocycles. The summed E-state index contributed by atoms with van der Waals surface area (Å²) in [6, 6.07) is 2.00. The van der Waals surface area contributed by atoms with Crippen LogP contribution < -0.4 is 5.73 Å². The molecule has 3 heteroatoms. The Morgan fingerprint density at radius 2 is 2.32 bits per heavy atom. The van der Waals surface area contributed by atoms with Crippen LogP contribution in [0.1, 0.15) is 51.5 Å². The maximum atomic E-state index is 6.65. The van der Waals surface area contributed by atoms with E-state index in [0.29, 0.717) is 0 Å². The van der Waals surface area contributed by atoms with Crippen LogP contribution in [-0.2, 0) is 6.42 Å². The number of hydrogen-bond donors (Lipinski definition) is 1. The highest BCUT2D eigenvalue weighted by atomic mass is 35.5. The van der Waals surface area contributed by atoms with Crippen molar-refractivity contribution < 1.29 is 0 Å². The van der Waals surface area contributed by atoms with Crippen molar-refractivity contribution in [3.63, 3.8) is 0 Å². The van der Waals surface area contributed by atoms with Gasteiger partial charge < -0.3 is 5.73 Å². The molecule has 1 aromatic rings. The molecule has 0 aromatic carbocycles. The van der Waals surface area contributed by atoms with Crippen LogP contribution >= 0.6 is 11.6 Å². The highest BCUT2D eigenvalue weighted by molar-refractivity contribution is 6.31. The van der Waals surface area contributed by atoms with Gasteiger partial charge in [0.1, 0.15) is 0 Å². The number of nitrogens with two attached hydrogens (primary N) is 1. The van der Waals surface area contributed by atoms with E-state index < -0.39 is 0 Å². The van der Waals surface area contributed by atoms with Crippen LogP contribution in [0.15, 0.2) is 18.5 Å². The van der Waals surface area contributed by atoms with Gasteiger partial charge in [-0.3, -0.25) is 4.98 Å². The van der Waals surface area contributed by atoms with E-state index in [2.05, 4.69) is 18.8 Å². The Morgan fingerprint density at radius 1 is 1.53 bits per heavy atom. The van der Waals surface area contributed by atoms with Crippen molar-refractivity contribution in [3.8, 4) is 0 Å². The molecule has 106 valence electrons. The minimum Gasteiger partial charge on any atom is -0.325 e. The molecule has 2 N–H and O–H groups in total. The van der Waals surface area contributed by atoms with Crippen LogP contribution in [0.25, 0.3) is 0 Å². The fraction of sp³-hybridized carbons (Fsp3) is 0.688. The zero-order chi connectivity index (χ0) is 13.9. The lowest BCUT2D eigenvalue weighted by Crippen LogP contribution is -2.46. The molecule has 2 rings (SSSR count). The Morgan fingerprint density at radius 3 is 3.00 bits per heavy atom. The highest BCUT2D eigenvalue weighted by Gasteiger charge is 2.33. The molecule has 1 saturated carbocycles. The van der Waals surface area contributed by atoms with Gasteiger partial charge in [0.15, 0.2) is 0 Å². The first-order valence-corrected chi connectivity index (χ1v) is 7.73. The Hall–Kier alpha value is -0.600. The normalized spacial score (nSPS) is 27.7. The Balaban J connectivity index is 2.03. The van der Waals surface area contributed by atoms with Crippen LogP contribution in [0.4, 0.5) is 0 Å². The summed E-state index contributed by atoms with van der Waals surface area (Å²) in [5.74, 6) is 1.54. The van der Waals surface area contributed by atoms with Crippen molar-refractivity contribution >= 4 is 11.6 Å². The van der Waals surface area contributed by atoms with Crippen molar-refractivity contribution in [3.05, 3.63) is 29.0 Å². The number of pyridine rings is 1. The fourth-order valence-electron chi connectivity index (χ4n) is 3.48. The topological polar surface area (TPSA) is 38.9 Å². The second kappa shape index (κ2) is 6.23. The zero-order valence-corrected chi connectivity index (χ0v) is 12.8. The molecule has 0 bridgehead atoms. The van der Waals surface area contributed by atoms with Gasteiger partial charge in [-0.1, -0.05) is 38.3 Å². The van der Waals surface area contributed by atoms with Gasteiger partial charge in [-0.05, 0) is 49.1 Å². The molecule has 1 fully saturated rings. The quantitative estimate of drug-likeness (QED) is 0.897. The van der Waals surface area contributed by atoms with E-state index in [0.717, 1.165) is 41.7 Å². The molecule has 0 saturated heterocycles. The fourth-order valence-corrected chi connectivity index (χ4v) is 3.66. The largest absolute Gasteiger partial charge is 0.325 e. The minimum atomic E-state index is -0.0806. The van der Waals surface area contributed by atoms with Crippen molar-refractivity contribution in [2.24, 2.45) is 17.6 Å². The molecule has 2 atom stereocenters. The molecule has 1 aliphatic rings. The standard InChI is InChI=1S/C16H25ClN2/c1-12(2)8-13-4-3-6-16(18,9-13)10-14-5-7-19-11-15(14)17/h5,7,11-13H,3-4,6,8-10,18H2,1-2H3. The van der Waals surface area contributed by atoms with Gasteiger partial charge in [0.2, 0.25) is 0 Å². The summed E-state index contributed by atoms with van der Waals surface area (Å²) >= 11 is 6.21. The molecular weight excluding hydrogens is 256 g/mol. The number of rotatable bonds is 4. The molecule has 19 heavy (non-hydrogen) atoms. The lowest BCUT2D eigenvalue weighted by Gasteiger charge is -2.39. The Kier molecular flexibility index (Phi) is 4.86. The molecule has 0 amide bonds. The number of hydrogen-bond acceptors (Lipinski definition) is 2. The van der Waals surface area contributed by atoms with Crippen LogP contribution in [0.3, 0.4) is 0 Å². The summed E-state index contributed by atoms with van der Waals surface area (Å²) in [7, 11) is 0. The van der Waals surface area contributed by atoms with Crippen LogP contribution in [0.2, 0.25) is 5.02 Å². The lowest BCUT2D eigenvalue weighted by atomic mass is 9.71. The van der Waals surface area contributed by atoms with E-state index in [-0.39, 0.29) is 5.54 Å². The van der Waals surface area contributed by atoms with E-state index in [9.17, 15) is 0 Å². The Bertz CT molecular complexity index is 419. The third-order valence-corrected chi connectivity index (χ3v) is 4.53. The van der Waals surface area contributed by atoms with E-state index in [1.54, 1.807) is 12.4 Å². The van der Waals surface area contributed by atoms with Crippen LogP contribution in [0, 0.1) is 11.8 Å². The molecule has 2 unspecified atom stereocenters. The summed E-state index contributed by atoms with van der Waals surface area (Å²) in [6.45, 7) is 4.60. The van der Waals surface area contributed by atoms with E-state index >= 15 is 0 Å². The number of nitrogens with zero attached hydrogens (tertiary/aromatic N) is 1. The predicted molar refractivity (Wildman–Crippen MR) is 81.3 cm³/mol. The maximum absolute atomic E-state index is 6.65. The summed E-state index contributed by atoms with van der Waals surface area (Å²) < 4.78 is 0. The van der Waals surface area contributed by atoms with Gasteiger partial charge in [0.25, 0.3) is 0 Å². The van der Waals surface area contributed by atoms with Gasteiger partial charge in [0.05, 0.1) is 5.02 Å². The van der Waals surface area contributed by atoms with E-state index in [1.165, 1.54) is 19.3 Å². The second-order valence-corrected chi connectivity index (χ2v) is 7.01. The van der Waals surface area contributed by atoms with Crippen molar-refractivity contribution in [1.29, 1.82) is 0 Å². The molecule has 2 nitrogen and oxygen atoms in total. The molecule has 0 spiro atoms.